The van der Waals surface area contributed by atoms with Crippen molar-refractivity contribution < 1.29 is 19.3 Å². The third-order valence-corrected chi connectivity index (χ3v) is 7.11. The Morgan fingerprint density at radius 2 is 1.89 bits per heavy atom. The average Bonchev–Trinajstić information content (AvgIpc) is 3.30. The molecular weight excluding hydrogens is 464 g/mol. The molecule has 0 spiro atoms. The Hall–Kier alpha value is -3.45. The number of carbonyl (C=O) groups is 2. The Morgan fingerprint density at radius 3 is 2.60 bits per heavy atom. The van der Waals surface area contributed by atoms with Crippen LogP contribution in [0.3, 0.4) is 0 Å². The van der Waals surface area contributed by atoms with E-state index in [4.69, 9.17) is 11.6 Å². The van der Waals surface area contributed by atoms with Gasteiger partial charge in [-0.2, -0.15) is 9.67 Å². The van der Waals surface area contributed by atoms with Crippen LogP contribution in [0.15, 0.2) is 48.8 Å². The zero-order valence-electron chi connectivity index (χ0n) is 19.8. The molecule has 1 saturated carbocycles. The summed E-state index contributed by atoms with van der Waals surface area (Å²) in [5.74, 6) is -1.22. The monoisotopic (exact) mass is 490 g/mol. The zero-order valence-corrected chi connectivity index (χ0v) is 20.6. The van der Waals surface area contributed by atoms with Crippen molar-refractivity contribution in [2.45, 2.75) is 58.4 Å². The predicted molar refractivity (Wildman–Crippen MR) is 131 cm³/mol. The first-order valence-corrected chi connectivity index (χ1v) is 12.4. The molecule has 2 amide bonds. The molecule has 1 aromatic carbocycles. The quantitative estimate of drug-likeness (QED) is 0.402. The fourth-order valence-corrected chi connectivity index (χ4v) is 5.30. The van der Waals surface area contributed by atoms with Crippen molar-refractivity contribution in [2.24, 2.45) is 0 Å². The van der Waals surface area contributed by atoms with Crippen molar-refractivity contribution in [1.82, 2.24) is 14.7 Å². The van der Waals surface area contributed by atoms with Crippen LogP contribution >= 0.6 is 11.6 Å². The Balaban J connectivity index is 1.71. The molecule has 1 aliphatic heterocycles. The molecule has 3 aromatic rings. The molecule has 0 bridgehead atoms. The molecule has 35 heavy (non-hydrogen) atoms. The van der Waals surface area contributed by atoms with Crippen LogP contribution in [0.4, 0.5) is 0 Å². The van der Waals surface area contributed by atoms with E-state index in [1.165, 1.54) is 9.58 Å². The lowest BCUT2D eigenvalue weighted by atomic mass is 9.94. The van der Waals surface area contributed by atoms with E-state index in [0.29, 0.717) is 16.4 Å². The molecule has 0 unspecified atom stereocenters. The summed E-state index contributed by atoms with van der Waals surface area (Å²) in [7, 11) is 0. The lowest BCUT2D eigenvalue weighted by Gasteiger charge is -2.29. The highest BCUT2D eigenvalue weighted by molar-refractivity contribution is 6.45. The largest absolute Gasteiger partial charge is 0.858 e. The molecule has 8 heteroatoms. The maximum Gasteiger partial charge on any atom is 0.327 e. The molecule has 3 heterocycles. The van der Waals surface area contributed by atoms with E-state index in [1.807, 2.05) is 25.3 Å². The Bertz CT molecular complexity index is 1350. The van der Waals surface area contributed by atoms with E-state index < -0.39 is 11.8 Å². The number of hydrogen-bond acceptors (Lipinski definition) is 4. The summed E-state index contributed by atoms with van der Waals surface area (Å²) < 4.78 is 2.93. The number of hydrogen-bond donors (Lipinski definition) is 0. The van der Waals surface area contributed by atoms with Crippen molar-refractivity contribution in [1.29, 1.82) is 0 Å². The third-order valence-electron chi connectivity index (χ3n) is 6.88. The number of aryl methyl sites for hydroxylation is 2. The molecular formula is C27H27ClN4O3. The second kappa shape index (κ2) is 9.30. The van der Waals surface area contributed by atoms with Gasteiger partial charge in [0.15, 0.2) is 12.4 Å². The third kappa shape index (κ3) is 4.04. The lowest BCUT2D eigenvalue weighted by Crippen LogP contribution is -2.45. The average molecular weight is 491 g/mol. The number of rotatable bonds is 5. The van der Waals surface area contributed by atoms with Gasteiger partial charge >= 0.3 is 5.91 Å². The molecule has 0 saturated heterocycles. The highest BCUT2D eigenvalue weighted by atomic mass is 35.5. The molecule has 2 aromatic heterocycles. The normalized spacial score (nSPS) is 17.1. The first-order chi connectivity index (χ1) is 16.9. The summed E-state index contributed by atoms with van der Waals surface area (Å²) in [6, 6.07) is 10.5. The molecule has 2 aliphatic rings. The minimum absolute atomic E-state index is 0.120. The van der Waals surface area contributed by atoms with Gasteiger partial charge in [-0.25, -0.2) is 4.68 Å². The number of benzene rings is 1. The van der Waals surface area contributed by atoms with E-state index in [2.05, 4.69) is 5.10 Å². The number of pyridine rings is 1. The number of aromatic nitrogens is 3. The van der Waals surface area contributed by atoms with Crippen molar-refractivity contribution in [3.8, 4) is 11.6 Å². The first-order valence-electron chi connectivity index (χ1n) is 12.1. The van der Waals surface area contributed by atoms with Gasteiger partial charge in [0.25, 0.3) is 11.6 Å². The zero-order chi connectivity index (χ0) is 24.7. The van der Waals surface area contributed by atoms with E-state index in [0.717, 1.165) is 44.1 Å². The number of amides is 2. The summed E-state index contributed by atoms with van der Waals surface area (Å²) in [6.45, 7) is 3.72. The van der Waals surface area contributed by atoms with E-state index in [9.17, 15) is 14.7 Å². The van der Waals surface area contributed by atoms with Crippen LogP contribution in [0.2, 0.25) is 5.02 Å². The molecule has 0 atom stereocenters. The van der Waals surface area contributed by atoms with E-state index in [1.54, 1.807) is 42.0 Å². The van der Waals surface area contributed by atoms with Crippen molar-refractivity contribution in [3.63, 3.8) is 0 Å². The minimum atomic E-state index is -0.448. The maximum absolute atomic E-state index is 13.9. The fraction of sp³-hybridized carbons (Fsp3) is 0.333. The Kier molecular flexibility index (Phi) is 6.19. The molecule has 7 nitrogen and oxygen atoms in total. The number of imide groups is 1. The standard InChI is InChI=1S/C27H27ClN4O3/c1-3-18-9-8-14-30(16-18)24-23(25(33)31(27(24)35)20-11-5-4-6-12-20)22-17(2)29-32(26(22)34)21-13-7-10-19(28)15-21/h7-10,13-16,20H,3-6,11-12H2,1-2H3. The topological polar surface area (TPSA) is 82.1 Å². The van der Waals surface area contributed by atoms with E-state index in [-0.39, 0.29) is 28.8 Å². The van der Waals surface area contributed by atoms with Crippen LogP contribution in [0.5, 0.6) is 5.88 Å². The van der Waals surface area contributed by atoms with Gasteiger partial charge in [0.05, 0.1) is 11.4 Å². The summed E-state index contributed by atoms with van der Waals surface area (Å²) in [5, 5.41) is 18.6. The number of halogens is 1. The number of carbonyl (C=O) groups excluding carboxylic acids is 2. The summed E-state index contributed by atoms with van der Waals surface area (Å²) in [6.07, 6.45) is 9.00. The van der Waals surface area contributed by atoms with E-state index >= 15 is 0 Å². The maximum atomic E-state index is 13.9. The highest BCUT2D eigenvalue weighted by Crippen LogP contribution is 2.39. The predicted octanol–water partition coefficient (Wildman–Crippen LogP) is 3.83. The fourth-order valence-electron chi connectivity index (χ4n) is 5.12. The van der Waals surface area contributed by atoms with Crippen LogP contribution in [-0.4, -0.2) is 32.5 Å². The molecule has 1 fully saturated rings. The summed E-state index contributed by atoms with van der Waals surface area (Å²) in [5.41, 5.74) is 2.40. The molecule has 1 aliphatic carbocycles. The number of nitrogens with zero attached hydrogens (tertiary/aromatic N) is 4. The van der Waals surface area contributed by atoms with Crippen LogP contribution in [0, 0.1) is 6.92 Å². The van der Waals surface area contributed by atoms with Gasteiger partial charge in [-0.3, -0.25) is 14.5 Å². The van der Waals surface area contributed by atoms with Crippen molar-refractivity contribution in [3.05, 3.63) is 70.6 Å². The van der Waals surface area contributed by atoms with Crippen LogP contribution in [-0.2, 0) is 16.0 Å². The summed E-state index contributed by atoms with van der Waals surface area (Å²) in [4.78, 5) is 29.1. The Morgan fingerprint density at radius 1 is 1.11 bits per heavy atom. The van der Waals surface area contributed by atoms with Gasteiger partial charge in [0.1, 0.15) is 5.57 Å². The van der Waals surface area contributed by atoms with Crippen LogP contribution in [0.1, 0.15) is 55.8 Å². The van der Waals surface area contributed by atoms with Gasteiger partial charge in [0.2, 0.25) is 0 Å². The second-order valence-corrected chi connectivity index (χ2v) is 9.56. The van der Waals surface area contributed by atoms with Crippen LogP contribution in [0.25, 0.3) is 17.0 Å². The van der Waals surface area contributed by atoms with Gasteiger partial charge in [-0.1, -0.05) is 43.9 Å². The van der Waals surface area contributed by atoms with Crippen molar-refractivity contribution in [2.75, 3.05) is 0 Å². The first kappa shape index (κ1) is 23.3. The minimum Gasteiger partial charge on any atom is -0.858 e. The lowest BCUT2D eigenvalue weighted by molar-refractivity contribution is -0.577. The van der Waals surface area contributed by atoms with Gasteiger partial charge in [-0.05, 0) is 56.3 Å². The van der Waals surface area contributed by atoms with Gasteiger partial charge in [-0.15, -0.1) is 0 Å². The molecule has 0 radical (unpaired) electrons. The Labute approximate surface area is 209 Å². The summed E-state index contributed by atoms with van der Waals surface area (Å²) >= 11 is 6.14. The highest BCUT2D eigenvalue weighted by Gasteiger charge is 2.49. The smallest absolute Gasteiger partial charge is 0.327 e. The van der Waals surface area contributed by atoms with Gasteiger partial charge in [0, 0.05) is 28.3 Å². The molecule has 180 valence electrons. The van der Waals surface area contributed by atoms with Crippen LogP contribution < -0.4 is 9.67 Å². The molecule has 5 rings (SSSR count). The second-order valence-electron chi connectivity index (χ2n) is 9.13. The van der Waals surface area contributed by atoms with Crippen molar-refractivity contribution >= 4 is 34.7 Å². The SMILES string of the molecule is CCc1ccc[n+](C2=C(c3c(C)nn(-c4cccc(Cl)c4)c3[O-])C(=O)N(C3CCCCC3)C2=O)c1. The van der Waals surface area contributed by atoms with Gasteiger partial charge < -0.3 is 5.11 Å². The molecule has 0 N–H and O–H groups in total.